The van der Waals surface area contributed by atoms with Crippen LogP contribution in [-0.4, -0.2) is 12.1 Å². The van der Waals surface area contributed by atoms with Gasteiger partial charge >= 0.3 is 0 Å². The second-order valence-electron chi connectivity index (χ2n) is 6.05. The highest BCUT2D eigenvalue weighted by atomic mass is 16.5. The van der Waals surface area contributed by atoms with Crippen molar-refractivity contribution in [3.05, 3.63) is 90.6 Å². The average molecular weight is 341 g/mol. The molecule has 0 aliphatic rings. The van der Waals surface area contributed by atoms with E-state index in [2.05, 4.69) is 29.2 Å². The lowest BCUT2D eigenvalue weighted by molar-refractivity contribution is 0.306. The third-order valence-electron chi connectivity index (χ3n) is 4.35. The van der Waals surface area contributed by atoms with Crippen LogP contribution >= 0.6 is 0 Å². The minimum Gasteiger partial charge on any atom is -0.497 e. The van der Waals surface area contributed by atoms with E-state index in [9.17, 15) is 0 Å². The number of benzene rings is 3. The van der Waals surface area contributed by atoms with Gasteiger partial charge in [0.2, 0.25) is 0 Å². The normalized spacial score (nSPS) is 10.7. The lowest BCUT2D eigenvalue weighted by atomic mass is 10.0. The number of hydrogen-bond acceptors (Lipinski definition) is 3. The van der Waals surface area contributed by atoms with Gasteiger partial charge in [0.05, 0.1) is 12.8 Å². The molecular weight excluding hydrogens is 322 g/mol. The Bertz CT molecular complexity index is 1010. The largest absolute Gasteiger partial charge is 0.497 e. The lowest BCUT2D eigenvalue weighted by Gasteiger charge is -2.10. The first-order valence-corrected chi connectivity index (χ1v) is 8.53. The smallest absolute Gasteiger partial charge is 0.120 e. The Morgan fingerprint density at radius 1 is 0.808 bits per heavy atom. The Hall–Kier alpha value is -3.33. The molecule has 3 heteroatoms. The van der Waals surface area contributed by atoms with Gasteiger partial charge < -0.3 is 9.47 Å². The van der Waals surface area contributed by atoms with Gasteiger partial charge in [-0.25, -0.2) is 0 Å². The Kier molecular flexibility index (Phi) is 4.52. The minimum absolute atomic E-state index is 0.546. The molecule has 0 amide bonds. The molecule has 128 valence electrons. The number of aromatic nitrogens is 1. The molecule has 4 aromatic rings. The van der Waals surface area contributed by atoms with E-state index < -0.39 is 0 Å². The molecule has 3 aromatic carbocycles. The van der Waals surface area contributed by atoms with E-state index >= 15 is 0 Å². The molecule has 1 aromatic heterocycles. The van der Waals surface area contributed by atoms with Crippen molar-refractivity contribution in [3.8, 4) is 22.8 Å². The third kappa shape index (κ3) is 3.38. The zero-order valence-corrected chi connectivity index (χ0v) is 14.6. The maximum atomic E-state index is 5.98. The van der Waals surface area contributed by atoms with Gasteiger partial charge in [-0.3, -0.25) is 4.98 Å². The Morgan fingerprint density at radius 3 is 2.35 bits per heavy atom. The van der Waals surface area contributed by atoms with Gasteiger partial charge in [-0.1, -0.05) is 36.4 Å². The molecule has 0 radical (unpaired) electrons. The molecule has 0 saturated heterocycles. The SMILES string of the molecule is COc1ccc(-c2nccc3ccc(OCc4ccccc4)cc23)cc1. The summed E-state index contributed by atoms with van der Waals surface area (Å²) in [7, 11) is 1.67. The fraction of sp³-hybridized carbons (Fsp3) is 0.0870. The number of rotatable bonds is 5. The number of pyridine rings is 1. The summed E-state index contributed by atoms with van der Waals surface area (Å²) in [6.45, 7) is 0.546. The minimum atomic E-state index is 0.546. The van der Waals surface area contributed by atoms with Crippen molar-refractivity contribution in [1.82, 2.24) is 4.98 Å². The van der Waals surface area contributed by atoms with Crippen molar-refractivity contribution < 1.29 is 9.47 Å². The summed E-state index contributed by atoms with van der Waals surface area (Å²) < 4.78 is 11.2. The highest BCUT2D eigenvalue weighted by Crippen LogP contribution is 2.30. The molecule has 4 rings (SSSR count). The van der Waals surface area contributed by atoms with Crippen molar-refractivity contribution in [1.29, 1.82) is 0 Å². The van der Waals surface area contributed by atoms with Crippen LogP contribution in [0.15, 0.2) is 85.1 Å². The maximum Gasteiger partial charge on any atom is 0.120 e. The van der Waals surface area contributed by atoms with Crippen molar-refractivity contribution in [2.24, 2.45) is 0 Å². The summed E-state index contributed by atoms with van der Waals surface area (Å²) in [6, 6.07) is 26.3. The van der Waals surface area contributed by atoms with Crippen LogP contribution in [0.4, 0.5) is 0 Å². The van der Waals surface area contributed by atoms with Crippen LogP contribution in [-0.2, 0) is 6.61 Å². The zero-order chi connectivity index (χ0) is 17.8. The number of ether oxygens (including phenoxy) is 2. The van der Waals surface area contributed by atoms with Crippen LogP contribution < -0.4 is 9.47 Å². The van der Waals surface area contributed by atoms with Crippen molar-refractivity contribution >= 4 is 10.8 Å². The van der Waals surface area contributed by atoms with Crippen LogP contribution in [0.25, 0.3) is 22.0 Å². The standard InChI is InChI=1S/C23H19NO2/c1-25-20-10-8-19(9-11-20)23-22-15-21(12-7-18(22)13-14-24-23)26-16-17-5-3-2-4-6-17/h2-15H,16H2,1H3. The van der Waals surface area contributed by atoms with Gasteiger partial charge in [-0.15, -0.1) is 0 Å². The molecule has 0 unspecified atom stereocenters. The molecule has 0 N–H and O–H groups in total. The Morgan fingerprint density at radius 2 is 1.58 bits per heavy atom. The molecule has 0 aliphatic heterocycles. The van der Waals surface area contributed by atoms with Crippen LogP contribution in [0.2, 0.25) is 0 Å². The highest BCUT2D eigenvalue weighted by Gasteiger charge is 2.07. The van der Waals surface area contributed by atoms with E-state index in [0.717, 1.165) is 39.1 Å². The van der Waals surface area contributed by atoms with Gasteiger partial charge in [0, 0.05) is 17.1 Å². The number of fused-ring (bicyclic) bond motifs is 1. The topological polar surface area (TPSA) is 31.4 Å². The van der Waals surface area contributed by atoms with E-state index in [0.29, 0.717) is 6.61 Å². The summed E-state index contributed by atoms with van der Waals surface area (Å²) in [4.78, 5) is 4.60. The molecule has 3 nitrogen and oxygen atoms in total. The number of methoxy groups -OCH3 is 1. The van der Waals surface area contributed by atoms with Gasteiger partial charge in [0.15, 0.2) is 0 Å². The molecule has 0 atom stereocenters. The van der Waals surface area contributed by atoms with Crippen LogP contribution in [0.3, 0.4) is 0 Å². The van der Waals surface area contributed by atoms with Gasteiger partial charge in [-0.05, 0) is 53.4 Å². The molecule has 26 heavy (non-hydrogen) atoms. The second kappa shape index (κ2) is 7.28. The number of nitrogens with zero attached hydrogens (tertiary/aromatic N) is 1. The highest BCUT2D eigenvalue weighted by molar-refractivity contribution is 5.95. The van der Waals surface area contributed by atoms with Crippen LogP contribution in [0.1, 0.15) is 5.56 Å². The van der Waals surface area contributed by atoms with Gasteiger partial charge in [-0.2, -0.15) is 0 Å². The average Bonchev–Trinajstić information content (AvgIpc) is 2.72. The first-order valence-electron chi connectivity index (χ1n) is 8.53. The fourth-order valence-corrected chi connectivity index (χ4v) is 2.96. The summed E-state index contributed by atoms with van der Waals surface area (Å²) in [5.74, 6) is 1.67. The summed E-state index contributed by atoms with van der Waals surface area (Å²) in [5, 5.41) is 2.21. The lowest BCUT2D eigenvalue weighted by Crippen LogP contribution is -1.95. The molecule has 0 spiro atoms. The first-order chi connectivity index (χ1) is 12.8. The van der Waals surface area contributed by atoms with Crippen LogP contribution in [0, 0.1) is 0 Å². The predicted octanol–water partition coefficient (Wildman–Crippen LogP) is 5.49. The van der Waals surface area contributed by atoms with E-state index in [1.165, 1.54) is 0 Å². The quantitative estimate of drug-likeness (QED) is 0.481. The van der Waals surface area contributed by atoms with Crippen LogP contribution in [0.5, 0.6) is 11.5 Å². The van der Waals surface area contributed by atoms with E-state index in [1.54, 1.807) is 7.11 Å². The summed E-state index contributed by atoms with van der Waals surface area (Å²) >= 11 is 0. The Labute approximate surface area is 152 Å². The monoisotopic (exact) mass is 341 g/mol. The number of hydrogen-bond donors (Lipinski definition) is 0. The zero-order valence-electron chi connectivity index (χ0n) is 14.6. The summed E-state index contributed by atoms with van der Waals surface area (Å²) in [6.07, 6.45) is 1.84. The van der Waals surface area contributed by atoms with E-state index in [1.807, 2.05) is 60.8 Å². The second-order valence-corrected chi connectivity index (χ2v) is 6.05. The van der Waals surface area contributed by atoms with E-state index in [-0.39, 0.29) is 0 Å². The molecule has 0 bridgehead atoms. The van der Waals surface area contributed by atoms with E-state index in [4.69, 9.17) is 9.47 Å². The van der Waals surface area contributed by atoms with Crippen molar-refractivity contribution in [3.63, 3.8) is 0 Å². The fourth-order valence-electron chi connectivity index (χ4n) is 2.96. The third-order valence-corrected chi connectivity index (χ3v) is 4.35. The Balaban J connectivity index is 1.67. The molecule has 0 aliphatic carbocycles. The van der Waals surface area contributed by atoms with Gasteiger partial charge in [0.1, 0.15) is 18.1 Å². The molecule has 1 heterocycles. The first kappa shape index (κ1) is 16.2. The molecule has 0 fully saturated rings. The molecular formula is C23H19NO2. The van der Waals surface area contributed by atoms with Crippen molar-refractivity contribution in [2.75, 3.05) is 7.11 Å². The van der Waals surface area contributed by atoms with Gasteiger partial charge in [0.25, 0.3) is 0 Å². The predicted molar refractivity (Wildman–Crippen MR) is 105 cm³/mol. The maximum absolute atomic E-state index is 5.98. The van der Waals surface area contributed by atoms with Crippen molar-refractivity contribution in [2.45, 2.75) is 6.61 Å². The summed E-state index contributed by atoms with van der Waals surface area (Å²) in [5.41, 5.74) is 3.14. The molecule has 0 saturated carbocycles.